The zero-order chi connectivity index (χ0) is 22.0. The summed E-state index contributed by atoms with van der Waals surface area (Å²) in [5.41, 5.74) is 6.52. The molecule has 1 saturated carbocycles. The maximum absolute atomic E-state index is 12.7. The minimum Gasteiger partial charge on any atom is -0.367 e. The summed E-state index contributed by atoms with van der Waals surface area (Å²) in [5, 5.41) is 7.06. The highest BCUT2D eigenvalue weighted by molar-refractivity contribution is 6.33. The smallest absolute Gasteiger partial charge is 0.248 e. The molecule has 3 fully saturated rings. The SMILES string of the molecule is NC(=O)c1ccc(N2CCN(C(=O)CCC3NC(=O)C4CCCCC4N3)CC2)c(Cl)c1. The number of rotatable bonds is 5. The van der Waals surface area contributed by atoms with Crippen LogP contribution in [0.1, 0.15) is 48.9 Å². The third kappa shape index (κ3) is 4.96. The number of halogens is 1. The van der Waals surface area contributed by atoms with Gasteiger partial charge in [-0.1, -0.05) is 24.4 Å². The maximum atomic E-state index is 12.7. The minimum absolute atomic E-state index is 0.0811. The van der Waals surface area contributed by atoms with E-state index in [0.29, 0.717) is 49.6 Å². The molecule has 168 valence electrons. The van der Waals surface area contributed by atoms with Crippen LogP contribution in [0.5, 0.6) is 0 Å². The largest absolute Gasteiger partial charge is 0.367 e. The highest BCUT2D eigenvalue weighted by Crippen LogP contribution is 2.29. The molecule has 2 heterocycles. The summed E-state index contributed by atoms with van der Waals surface area (Å²) in [6.07, 6.45) is 5.15. The van der Waals surface area contributed by atoms with Crippen molar-refractivity contribution in [1.29, 1.82) is 0 Å². The Morgan fingerprint density at radius 3 is 2.58 bits per heavy atom. The van der Waals surface area contributed by atoms with Crippen molar-refractivity contribution in [3.8, 4) is 0 Å². The standard InChI is InChI=1S/C22H30ClN5O3/c23-16-13-14(21(24)30)5-6-18(16)27-9-11-28(12-10-27)20(29)8-7-19-25-17-4-2-1-3-15(17)22(31)26-19/h5-6,13,15,17,19,25H,1-4,7-12H2,(H2,24,30)(H,26,31). The predicted molar refractivity (Wildman–Crippen MR) is 119 cm³/mol. The molecule has 9 heteroatoms. The summed E-state index contributed by atoms with van der Waals surface area (Å²) in [4.78, 5) is 40.4. The normalized spacial score (nSPS) is 26.2. The summed E-state index contributed by atoms with van der Waals surface area (Å²) in [7, 11) is 0. The number of amides is 3. The molecule has 2 aliphatic heterocycles. The quantitative estimate of drug-likeness (QED) is 0.633. The van der Waals surface area contributed by atoms with E-state index in [1.807, 2.05) is 4.90 Å². The van der Waals surface area contributed by atoms with Crippen LogP contribution < -0.4 is 21.3 Å². The van der Waals surface area contributed by atoms with Gasteiger partial charge in [-0.2, -0.15) is 0 Å². The van der Waals surface area contributed by atoms with Gasteiger partial charge in [-0.3, -0.25) is 19.7 Å². The van der Waals surface area contributed by atoms with Gasteiger partial charge < -0.3 is 20.9 Å². The fourth-order valence-corrected chi connectivity index (χ4v) is 5.22. The fourth-order valence-electron chi connectivity index (χ4n) is 4.92. The number of piperazine rings is 1. The van der Waals surface area contributed by atoms with E-state index in [2.05, 4.69) is 15.5 Å². The number of primary amides is 1. The first-order valence-corrected chi connectivity index (χ1v) is 11.5. The van der Waals surface area contributed by atoms with Gasteiger partial charge in [0.25, 0.3) is 0 Å². The van der Waals surface area contributed by atoms with Gasteiger partial charge >= 0.3 is 0 Å². The molecule has 8 nitrogen and oxygen atoms in total. The van der Waals surface area contributed by atoms with Crippen molar-refractivity contribution in [1.82, 2.24) is 15.5 Å². The Morgan fingerprint density at radius 1 is 1.13 bits per heavy atom. The van der Waals surface area contributed by atoms with E-state index < -0.39 is 5.91 Å². The number of fused-ring (bicyclic) bond motifs is 1. The molecule has 1 aromatic carbocycles. The molecule has 0 radical (unpaired) electrons. The highest BCUT2D eigenvalue weighted by atomic mass is 35.5. The molecule has 2 saturated heterocycles. The second-order valence-corrected chi connectivity index (χ2v) is 9.07. The Kier molecular flexibility index (Phi) is 6.67. The van der Waals surface area contributed by atoms with E-state index in [0.717, 1.165) is 31.4 Å². The Labute approximate surface area is 187 Å². The van der Waals surface area contributed by atoms with Gasteiger partial charge in [-0.05, 0) is 37.5 Å². The van der Waals surface area contributed by atoms with Crippen molar-refractivity contribution in [2.75, 3.05) is 31.1 Å². The molecule has 0 bridgehead atoms. The molecule has 0 spiro atoms. The van der Waals surface area contributed by atoms with Crippen molar-refractivity contribution in [2.45, 2.75) is 50.7 Å². The van der Waals surface area contributed by atoms with Crippen molar-refractivity contribution >= 4 is 35.0 Å². The van der Waals surface area contributed by atoms with Crippen molar-refractivity contribution in [2.24, 2.45) is 11.7 Å². The third-order valence-electron chi connectivity index (χ3n) is 6.69. The lowest BCUT2D eigenvalue weighted by Crippen LogP contribution is -2.62. The first kappa shape index (κ1) is 21.9. The number of carbonyl (C=O) groups is 3. The van der Waals surface area contributed by atoms with Crippen LogP contribution in [0.3, 0.4) is 0 Å². The van der Waals surface area contributed by atoms with Crippen molar-refractivity contribution in [3.05, 3.63) is 28.8 Å². The van der Waals surface area contributed by atoms with Gasteiger partial charge in [0, 0.05) is 44.2 Å². The molecule has 3 amide bonds. The number of carbonyl (C=O) groups excluding carboxylic acids is 3. The predicted octanol–water partition coefficient (Wildman–Crippen LogP) is 1.47. The van der Waals surface area contributed by atoms with Gasteiger partial charge in [-0.25, -0.2) is 0 Å². The number of hydrogen-bond acceptors (Lipinski definition) is 5. The Balaban J connectivity index is 1.25. The molecule has 4 N–H and O–H groups in total. The van der Waals surface area contributed by atoms with Gasteiger partial charge in [0.05, 0.1) is 22.8 Å². The van der Waals surface area contributed by atoms with E-state index in [-0.39, 0.29) is 29.9 Å². The molecule has 3 unspecified atom stereocenters. The molecular weight excluding hydrogens is 418 g/mol. The van der Waals surface area contributed by atoms with E-state index in [1.165, 1.54) is 0 Å². The number of nitrogens with one attached hydrogen (secondary N) is 2. The lowest BCUT2D eigenvalue weighted by atomic mass is 9.82. The van der Waals surface area contributed by atoms with Crippen LogP contribution >= 0.6 is 11.6 Å². The van der Waals surface area contributed by atoms with Crippen LogP contribution in [-0.4, -0.2) is 61.0 Å². The monoisotopic (exact) mass is 447 g/mol. The average Bonchev–Trinajstić information content (AvgIpc) is 2.77. The number of nitrogens with zero attached hydrogens (tertiary/aromatic N) is 2. The second-order valence-electron chi connectivity index (χ2n) is 8.66. The molecule has 31 heavy (non-hydrogen) atoms. The van der Waals surface area contributed by atoms with Crippen molar-refractivity contribution in [3.63, 3.8) is 0 Å². The van der Waals surface area contributed by atoms with E-state index in [9.17, 15) is 14.4 Å². The fraction of sp³-hybridized carbons (Fsp3) is 0.591. The maximum Gasteiger partial charge on any atom is 0.248 e. The number of nitrogens with two attached hydrogens (primary N) is 1. The van der Waals surface area contributed by atoms with E-state index in [1.54, 1.807) is 18.2 Å². The molecular formula is C22H30ClN5O3. The molecule has 4 rings (SSSR count). The Hall–Kier alpha value is -2.32. The second kappa shape index (κ2) is 9.44. The molecule has 3 aliphatic rings. The number of anilines is 1. The lowest BCUT2D eigenvalue weighted by molar-refractivity contribution is -0.134. The molecule has 3 atom stereocenters. The van der Waals surface area contributed by atoms with Crippen LogP contribution in [0.4, 0.5) is 5.69 Å². The zero-order valence-electron chi connectivity index (χ0n) is 17.6. The highest BCUT2D eigenvalue weighted by Gasteiger charge is 2.37. The number of hydrogen-bond donors (Lipinski definition) is 3. The summed E-state index contributed by atoms with van der Waals surface area (Å²) in [6.45, 7) is 2.57. The van der Waals surface area contributed by atoms with Gasteiger partial charge in [0.1, 0.15) is 0 Å². The average molecular weight is 448 g/mol. The molecule has 1 aliphatic carbocycles. The third-order valence-corrected chi connectivity index (χ3v) is 6.99. The van der Waals surface area contributed by atoms with Crippen LogP contribution in [0.25, 0.3) is 0 Å². The first-order chi connectivity index (χ1) is 14.9. The zero-order valence-corrected chi connectivity index (χ0v) is 18.4. The summed E-state index contributed by atoms with van der Waals surface area (Å²) in [5.74, 6) is -0.186. The van der Waals surface area contributed by atoms with E-state index >= 15 is 0 Å². The Bertz CT molecular complexity index is 856. The minimum atomic E-state index is -0.508. The van der Waals surface area contributed by atoms with Crippen LogP contribution in [0, 0.1) is 5.92 Å². The lowest BCUT2D eigenvalue weighted by Gasteiger charge is -2.40. The van der Waals surface area contributed by atoms with Gasteiger partial charge in [-0.15, -0.1) is 0 Å². The Morgan fingerprint density at radius 2 is 1.87 bits per heavy atom. The van der Waals surface area contributed by atoms with Crippen LogP contribution in [-0.2, 0) is 9.59 Å². The van der Waals surface area contributed by atoms with E-state index in [4.69, 9.17) is 17.3 Å². The first-order valence-electron chi connectivity index (χ1n) is 11.1. The number of benzene rings is 1. The van der Waals surface area contributed by atoms with Gasteiger partial charge in [0.15, 0.2) is 0 Å². The van der Waals surface area contributed by atoms with Crippen LogP contribution in [0.15, 0.2) is 18.2 Å². The summed E-state index contributed by atoms with van der Waals surface area (Å²) >= 11 is 6.33. The van der Waals surface area contributed by atoms with Crippen LogP contribution in [0.2, 0.25) is 5.02 Å². The molecule has 1 aromatic rings. The topological polar surface area (TPSA) is 108 Å². The van der Waals surface area contributed by atoms with Gasteiger partial charge in [0.2, 0.25) is 17.7 Å². The molecule has 0 aromatic heterocycles. The summed E-state index contributed by atoms with van der Waals surface area (Å²) in [6, 6.07) is 5.30. The van der Waals surface area contributed by atoms with Crippen molar-refractivity contribution < 1.29 is 14.4 Å². The summed E-state index contributed by atoms with van der Waals surface area (Å²) < 4.78 is 0.